The van der Waals surface area contributed by atoms with E-state index in [1.807, 2.05) is 67.8 Å². The summed E-state index contributed by atoms with van der Waals surface area (Å²) in [4.78, 5) is 51.4. The third-order valence-corrected chi connectivity index (χ3v) is 12.8. The summed E-state index contributed by atoms with van der Waals surface area (Å²) in [6.45, 7) is 1.96. The van der Waals surface area contributed by atoms with Crippen molar-refractivity contribution in [2.45, 2.75) is 102 Å². The van der Waals surface area contributed by atoms with Crippen LogP contribution in [0.5, 0.6) is 0 Å². The molecule has 0 spiro atoms. The van der Waals surface area contributed by atoms with Gasteiger partial charge in [-0.15, -0.1) is 0 Å². The highest BCUT2D eigenvalue weighted by molar-refractivity contribution is 6.30. The van der Waals surface area contributed by atoms with Crippen molar-refractivity contribution in [3.8, 4) is 22.3 Å². The van der Waals surface area contributed by atoms with E-state index >= 15 is 0 Å². The predicted molar refractivity (Wildman–Crippen MR) is 230 cm³/mol. The summed E-state index contributed by atoms with van der Waals surface area (Å²) in [7, 11) is 0. The molecule has 14 heteroatoms. The molecule has 300 valence electrons. The molecule has 0 aliphatic heterocycles. The second-order valence-electron chi connectivity index (χ2n) is 16.6. The van der Waals surface area contributed by atoms with Gasteiger partial charge < -0.3 is 31.2 Å². The zero-order valence-electron chi connectivity index (χ0n) is 32.5. The molecule has 58 heavy (non-hydrogen) atoms. The van der Waals surface area contributed by atoms with Crippen LogP contribution in [0.4, 0.5) is 11.6 Å². The summed E-state index contributed by atoms with van der Waals surface area (Å²) in [6, 6.07) is 16.4. The lowest BCUT2D eigenvalue weighted by molar-refractivity contribution is -0.130. The van der Waals surface area contributed by atoms with Crippen LogP contribution >= 0.6 is 23.2 Å². The molecule has 0 aromatic carbocycles. The molecule has 6 aromatic rings. The van der Waals surface area contributed by atoms with Gasteiger partial charge in [0, 0.05) is 82.2 Å². The van der Waals surface area contributed by atoms with Gasteiger partial charge in [0.1, 0.15) is 33.2 Å². The minimum absolute atomic E-state index is 0.0376. The van der Waals surface area contributed by atoms with E-state index < -0.39 is 5.41 Å². The molecule has 0 radical (unpaired) electrons. The van der Waals surface area contributed by atoms with Gasteiger partial charge in [0.15, 0.2) is 0 Å². The van der Waals surface area contributed by atoms with Gasteiger partial charge in [-0.3, -0.25) is 9.59 Å². The maximum atomic E-state index is 13.6. The Kier molecular flexibility index (Phi) is 10.7. The Bertz CT molecular complexity index is 2450. The molecule has 0 bridgehead atoms. The van der Waals surface area contributed by atoms with Gasteiger partial charge >= 0.3 is 0 Å². The van der Waals surface area contributed by atoms with Crippen LogP contribution in [0.15, 0.2) is 73.3 Å². The maximum Gasteiger partial charge on any atom is 0.226 e. The Morgan fingerprint density at radius 2 is 1.17 bits per heavy atom. The number of H-pyrrole nitrogens is 2. The Morgan fingerprint density at radius 1 is 0.707 bits per heavy atom. The topological polar surface area (TPSA) is 165 Å². The summed E-state index contributed by atoms with van der Waals surface area (Å²) < 4.78 is 0. The van der Waals surface area contributed by atoms with Crippen molar-refractivity contribution < 1.29 is 9.59 Å². The van der Waals surface area contributed by atoms with Crippen molar-refractivity contribution in [2.75, 3.05) is 10.6 Å². The van der Waals surface area contributed by atoms with E-state index in [4.69, 9.17) is 23.2 Å². The van der Waals surface area contributed by atoms with Crippen LogP contribution < -0.4 is 21.3 Å². The van der Waals surface area contributed by atoms with Gasteiger partial charge in [0.25, 0.3) is 0 Å². The molecule has 0 saturated heterocycles. The van der Waals surface area contributed by atoms with Crippen molar-refractivity contribution in [2.24, 2.45) is 11.3 Å². The fourth-order valence-electron chi connectivity index (χ4n) is 9.06. The fourth-order valence-corrected chi connectivity index (χ4v) is 9.48. The summed E-state index contributed by atoms with van der Waals surface area (Å²) in [5.41, 5.74) is 5.22. The first-order chi connectivity index (χ1) is 28.2. The molecule has 6 aromatic heterocycles. The molecule has 6 heterocycles. The van der Waals surface area contributed by atoms with Gasteiger partial charge in [0.05, 0.1) is 0 Å². The van der Waals surface area contributed by atoms with Crippen molar-refractivity contribution in [1.29, 1.82) is 0 Å². The lowest BCUT2D eigenvalue weighted by Gasteiger charge is -2.32. The van der Waals surface area contributed by atoms with Crippen molar-refractivity contribution >= 4 is 68.7 Å². The Balaban J connectivity index is 0.718. The average Bonchev–Trinajstić information content (AvgIpc) is 3.67. The molecule has 1 unspecified atom stereocenters. The van der Waals surface area contributed by atoms with Crippen LogP contribution in [0.2, 0.25) is 10.3 Å². The highest BCUT2D eigenvalue weighted by Gasteiger charge is 2.51. The quantitative estimate of drug-likeness (QED) is 0.0666. The number of pyridine rings is 4. The summed E-state index contributed by atoms with van der Waals surface area (Å²) in [6.07, 6.45) is 16.8. The number of aromatic amines is 2. The molecular formula is C44H48Cl2N10O2. The van der Waals surface area contributed by atoms with Crippen molar-refractivity contribution in [1.82, 2.24) is 40.5 Å². The number of nitrogens with zero attached hydrogens (tertiary/aromatic N) is 4. The summed E-state index contributed by atoms with van der Waals surface area (Å²) in [5.74, 6) is 1.38. The smallest absolute Gasteiger partial charge is 0.226 e. The average molecular weight is 820 g/mol. The number of halogens is 2. The fraction of sp³-hybridized carbons (Fsp3) is 0.409. The van der Waals surface area contributed by atoms with Gasteiger partial charge in [0.2, 0.25) is 11.8 Å². The van der Waals surface area contributed by atoms with Crippen LogP contribution in [-0.4, -0.2) is 65.9 Å². The van der Waals surface area contributed by atoms with Gasteiger partial charge in [-0.05, 0) is 130 Å². The predicted octanol–water partition coefficient (Wildman–Crippen LogP) is 9.06. The highest BCUT2D eigenvalue weighted by Crippen LogP contribution is 2.51. The normalized spacial score (nSPS) is 22.0. The lowest BCUT2D eigenvalue weighted by Crippen LogP contribution is -2.45. The van der Waals surface area contributed by atoms with E-state index in [9.17, 15) is 9.59 Å². The number of aromatic nitrogens is 6. The maximum absolute atomic E-state index is 13.6. The second kappa shape index (κ2) is 16.2. The first-order valence-electron chi connectivity index (χ1n) is 20.5. The van der Waals surface area contributed by atoms with E-state index in [-0.39, 0.29) is 41.9 Å². The number of carbonyl (C=O) groups is 2. The van der Waals surface area contributed by atoms with E-state index in [1.54, 1.807) is 12.4 Å². The van der Waals surface area contributed by atoms with Crippen molar-refractivity contribution in [3.05, 3.63) is 83.6 Å². The Hall–Kier alpha value is -5.20. The number of anilines is 2. The number of fused-ring (bicyclic) bond motifs is 2. The largest absolute Gasteiger partial charge is 0.367 e. The minimum atomic E-state index is -0.446. The number of hydrogen-bond donors (Lipinski definition) is 6. The van der Waals surface area contributed by atoms with Gasteiger partial charge in [-0.1, -0.05) is 30.1 Å². The first-order valence-corrected chi connectivity index (χ1v) is 21.3. The first kappa shape index (κ1) is 38.3. The van der Waals surface area contributed by atoms with Crippen molar-refractivity contribution in [3.63, 3.8) is 0 Å². The molecule has 3 aliphatic carbocycles. The van der Waals surface area contributed by atoms with Crippen LogP contribution in [0.3, 0.4) is 0 Å². The highest BCUT2D eigenvalue weighted by atomic mass is 35.5. The molecule has 3 aliphatic rings. The number of amides is 2. The van der Waals surface area contributed by atoms with Gasteiger partial charge in [-0.2, -0.15) is 0 Å². The summed E-state index contributed by atoms with van der Waals surface area (Å²) in [5, 5.41) is 16.8. The number of rotatable bonds is 12. The number of hydrogen-bond acceptors (Lipinski definition) is 8. The van der Waals surface area contributed by atoms with E-state index in [1.165, 1.54) is 0 Å². The zero-order chi connectivity index (χ0) is 39.8. The van der Waals surface area contributed by atoms with Crippen LogP contribution in [-0.2, 0) is 9.59 Å². The molecular weight excluding hydrogens is 771 g/mol. The number of carbonyl (C=O) groups excluding carboxylic acids is 2. The van der Waals surface area contributed by atoms with Crippen LogP contribution in [0.1, 0.15) is 77.6 Å². The monoisotopic (exact) mass is 818 g/mol. The molecule has 3 saturated carbocycles. The summed E-state index contributed by atoms with van der Waals surface area (Å²) >= 11 is 12.9. The molecule has 3 fully saturated rings. The van der Waals surface area contributed by atoms with Crippen LogP contribution in [0, 0.1) is 11.3 Å². The third-order valence-electron chi connectivity index (χ3n) is 12.4. The number of nitrogens with one attached hydrogen (secondary N) is 6. The second-order valence-corrected chi connectivity index (χ2v) is 17.4. The van der Waals surface area contributed by atoms with E-state index in [2.05, 4.69) is 51.2 Å². The minimum Gasteiger partial charge on any atom is -0.367 e. The van der Waals surface area contributed by atoms with Gasteiger partial charge in [-0.25, -0.2) is 19.9 Å². The van der Waals surface area contributed by atoms with E-state index in [0.717, 1.165) is 120 Å². The zero-order valence-corrected chi connectivity index (χ0v) is 34.0. The lowest BCUT2D eigenvalue weighted by atomic mass is 9.87. The Morgan fingerprint density at radius 3 is 1.66 bits per heavy atom. The SMILES string of the molecule is CC(CC1(C(=O)NC2CCC(Nc3cc(-c4c[nH]c5ncccc45)cc(Cl)n3)CC2)CC1)C(=O)NC1CCC(Nc2cc(-c3c[nH]c4ncccc34)cc(Cl)n2)CC1. The molecule has 1 atom stereocenters. The Labute approximate surface area is 347 Å². The molecule has 2 amide bonds. The van der Waals surface area contributed by atoms with E-state index in [0.29, 0.717) is 16.7 Å². The molecule has 9 rings (SSSR count). The van der Waals surface area contributed by atoms with Crippen LogP contribution in [0.25, 0.3) is 44.3 Å². The third kappa shape index (κ3) is 8.35. The standard InChI is InChI=1S/C44H48Cl2N10O2/c1-25(42(57)53-30-10-6-28(7-11-30)51-38-20-26(18-36(45)55-38)34-23-49-40-32(34)4-2-16-47-40)22-44(14-15-44)43(58)54-31-12-8-29(9-13-31)52-39-21-27(19-37(46)56-39)35-24-50-41-33(35)5-3-17-48-41/h2-5,16-21,23-25,28-31H,6-15,22H2,1H3,(H,47,49)(H,48,50)(H,51,55)(H,52,56)(H,53,57)(H,54,58). The molecule has 12 nitrogen and oxygen atoms in total. The molecule has 6 N–H and O–H groups in total.